The van der Waals surface area contributed by atoms with E-state index in [9.17, 15) is 13.2 Å². The molecule has 3 aromatic rings. The topological polar surface area (TPSA) is 71.7 Å². The Labute approximate surface area is 182 Å². The van der Waals surface area contributed by atoms with Crippen LogP contribution < -0.4 is 4.80 Å². The second-order valence-corrected chi connectivity index (χ2v) is 10.1. The summed E-state index contributed by atoms with van der Waals surface area (Å²) in [5, 5.41) is 2.91. The number of sulfonamides is 1. The Balaban J connectivity index is 1.86. The number of amides is 1. The summed E-state index contributed by atoms with van der Waals surface area (Å²) in [6.07, 6.45) is 1.81. The van der Waals surface area contributed by atoms with E-state index in [1.807, 2.05) is 22.2 Å². The number of nitrogens with zero attached hydrogens (tertiary/aromatic N) is 3. The van der Waals surface area contributed by atoms with Crippen LogP contribution in [-0.2, 0) is 16.6 Å². The molecule has 10 heteroatoms. The number of thiazole rings is 1. The van der Waals surface area contributed by atoms with Gasteiger partial charge in [0.25, 0.3) is 5.91 Å². The Morgan fingerprint density at radius 2 is 1.83 bits per heavy atom. The minimum atomic E-state index is -3.55. The molecule has 0 atom stereocenters. The third kappa shape index (κ3) is 4.96. The van der Waals surface area contributed by atoms with Crippen LogP contribution in [0.1, 0.15) is 15.9 Å². The fourth-order valence-corrected chi connectivity index (χ4v) is 4.57. The van der Waals surface area contributed by atoms with E-state index >= 15 is 0 Å². The monoisotopic (exact) mass is 469 g/mol. The van der Waals surface area contributed by atoms with E-state index in [0.717, 1.165) is 9.87 Å². The highest BCUT2D eigenvalue weighted by Gasteiger charge is 2.17. The van der Waals surface area contributed by atoms with Gasteiger partial charge in [0.15, 0.2) is 4.80 Å². The Kier molecular flexibility index (Phi) is 6.60. The first-order valence-electron chi connectivity index (χ1n) is 8.38. The molecule has 0 unspecified atom stereocenters. The van der Waals surface area contributed by atoms with Crippen molar-refractivity contribution in [3.63, 3.8) is 0 Å². The fraction of sp³-hybridized carbons (Fsp3) is 0.158. The van der Waals surface area contributed by atoms with Crippen molar-refractivity contribution in [1.82, 2.24) is 8.87 Å². The van der Waals surface area contributed by atoms with Gasteiger partial charge in [0.2, 0.25) is 10.0 Å². The van der Waals surface area contributed by atoms with E-state index in [-0.39, 0.29) is 4.90 Å². The zero-order valence-corrected chi connectivity index (χ0v) is 18.7. The van der Waals surface area contributed by atoms with Crippen LogP contribution in [0.3, 0.4) is 0 Å². The predicted octanol–water partition coefficient (Wildman–Crippen LogP) is 3.90. The summed E-state index contributed by atoms with van der Waals surface area (Å²) in [5.41, 5.74) is 1.15. The van der Waals surface area contributed by atoms with Gasteiger partial charge >= 0.3 is 0 Å². The number of carbonyl (C=O) groups excluding carboxylic acids is 1. The van der Waals surface area contributed by atoms with Crippen molar-refractivity contribution < 1.29 is 13.2 Å². The molecule has 1 aromatic heterocycles. The van der Waals surface area contributed by atoms with Gasteiger partial charge in [0, 0.05) is 41.3 Å². The number of carbonyl (C=O) groups is 1. The Morgan fingerprint density at radius 1 is 1.14 bits per heavy atom. The maximum Gasteiger partial charge on any atom is 0.279 e. The molecule has 0 spiro atoms. The van der Waals surface area contributed by atoms with Gasteiger partial charge in [0.1, 0.15) is 0 Å². The molecule has 1 amide bonds. The van der Waals surface area contributed by atoms with Crippen LogP contribution in [-0.4, -0.2) is 37.3 Å². The minimum absolute atomic E-state index is 0.114. The van der Waals surface area contributed by atoms with Gasteiger partial charge in [-0.15, -0.1) is 11.3 Å². The first kappa shape index (κ1) is 21.7. The summed E-state index contributed by atoms with van der Waals surface area (Å²) in [7, 11) is -0.649. The zero-order chi connectivity index (χ0) is 21.2. The van der Waals surface area contributed by atoms with Crippen molar-refractivity contribution in [2.75, 3.05) is 14.1 Å². The largest absolute Gasteiger partial charge is 0.319 e. The van der Waals surface area contributed by atoms with Crippen molar-refractivity contribution in [3.8, 4) is 0 Å². The van der Waals surface area contributed by atoms with Crippen LogP contribution in [0, 0.1) is 0 Å². The molecule has 29 heavy (non-hydrogen) atoms. The Hall–Kier alpha value is -1.97. The molecular formula is C19H17Cl2N3O3S2. The molecule has 0 saturated heterocycles. The smallest absolute Gasteiger partial charge is 0.279 e. The van der Waals surface area contributed by atoms with Crippen LogP contribution in [0.4, 0.5) is 0 Å². The lowest BCUT2D eigenvalue weighted by Crippen LogP contribution is -2.22. The van der Waals surface area contributed by atoms with Gasteiger partial charge in [-0.05, 0) is 42.0 Å². The van der Waals surface area contributed by atoms with E-state index in [0.29, 0.717) is 27.0 Å². The Bertz CT molecular complexity index is 1210. The van der Waals surface area contributed by atoms with E-state index in [4.69, 9.17) is 23.2 Å². The van der Waals surface area contributed by atoms with Gasteiger partial charge in [-0.25, -0.2) is 12.7 Å². The number of aromatic nitrogens is 1. The fourth-order valence-electron chi connectivity index (χ4n) is 2.47. The predicted molar refractivity (Wildman–Crippen MR) is 115 cm³/mol. The maximum atomic E-state index is 12.5. The summed E-state index contributed by atoms with van der Waals surface area (Å²) in [4.78, 5) is 17.3. The van der Waals surface area contributed by atoms with Gasteiger partial charge in [-0.3, -0.25) is 4.79 Å². The number of halogens is 2. The average Bonchev–Trinajstić information content (AvgIpc) is 3.10. The molecule has 0 fully saturated rings. The van der Waals surface area contributed by atoms with E-state index in [2.05, 4.69) is 4.99 Å². The summed E-state index contributed by atoms with van der Waals surface area (Å²) in [6.45, 7) is 0.436. The van der Waals surface area contributed by atoms with Crippen molar-refractivity contribution in [2.24, 2.45) is 4.99 Å². The standard InChI is InChI=1S/C19H17Cl2N3O3S2/c1-23(2)29(26,27)16-7-4-13(5-8-16)18(25)22-19-24(9-10-28-19)12-14-3-6-15(20)11-17(14)21/h3-11H,12H2,1-2H3. The zero-order valence-electron chi connectivity index (χ0n) is 15.5. The highest BCUT2D eigenvalue weighted by Crippen LogP contribution is 2.21. The number of rotatable bonds is 5. The van der Waals surface area contributed by atoms with Crippen molar-refractivity contribution in [3.05, 3.63) is 80.0 Å². The third-order valence-electron chi connectivity index (χ3n) is 4.09. The van der Waals surface area contributed by atoms with Gasteiger partial charge < -0.3 is 4.57 Å². The van der Waals surface area contributed by atoms with E-state index in [1.54, 1.807) is 12.1 Å². The van der Waals surface area contributed by atoms with Crippen LogP contribution in [0.5, 0.6) is 0 Å². The van der Waals surface area contributed by atoms with Crippen LogP contribution in [0.15, 0.2) is 63.9 Å². The number of hydrogen-bond acceptors (Lipinski definition) is 4. The third-order valence-corrected chi connectivity index (χ3v) is 7.30. The molecule has 3 rings (SSSR count). The van der Waals surface area contributed by atoms with Crippen molar-refractivity contribution in [2.45, 2.75) is 11.4 Å². The molecule has 0 aliphatic rings. The van der Waals surface area contributed by atoms with Crippen molar-refractivity contribution in [1.29, 1.82) is 0 Å². The molecule has 1 heterocycles. The normalized spacial score (nSPS) is 12.5. The Morgan fingerprint density at radius 3 is 2.45 bits per heavy atom. The molecule has 0 saturated carbocycles. The molecular weight excluding hydrogens is 453 g/mol. The second-order valence-electron chi connectivity index (χ2n) is 6.28. The maximum absolute atomic E-state index is 12.5. The first-order chi connectivity index (χ1) is 13.7. The number of benzene rings is 2. The van der Waals surface area contributed by atoms with E-state index < -0.39 is 15.9 Å². The summed E-state index contributed by atoms with van der Waals surface area (Å²) < 4.78 is 27.2. The quantitative estimate of drug-likeness (QED) is 0.568. The molecule has 6 nitrogen and oxygen atoms in total. The van der Waals surface area contributed by atoms with Crippen molar-refractivity contribution >= 4 is 50.5 Å². The highest BCUT2D eigenvalue weighted by atomic mass is 35.5. The minimum Gasteiger partial charge on any atom is -0.319 e. The van der Waals surface area contributed by atoms with Crippen LogP contribution in [0.2, 0.25) is 10.0 Å². The second kappa shape index (κ2) is 8.81. The van der Waals surface area contributed by atoms with Crippen LogP contribution >= 0.6 is 34.5 Å². The van der Waals surface area contributed by atoms with Gasteiger partial charge in [-0.2, -0.15) is 4.99 Å². The molecule has 0 radical (unpaired) electrons. The highest BCUT2D eigenvalue weighted by molar-refractivity contribution is 7.89. The molecule has 0 N–H and O–H groups in total. The molecule has 152 valence electrons. The lowest BCUT2D eigenvalue weighted by molar-refractivity contribution is 0.0997. The summed E-state index contributed by atoms with van der Waals surface area (Å²) in [6, 6.07) is 10.9. The number of hydrogen-bond donors (Lipinski definition) is 0. The lowest BCUT2D eigenvalue weighted by Gasteiger charge is -2.11. The summed E-state index contributed by atoms with van der Waals surface area (Å²) in [5.74, 6) is -0.461. The molecule has 0 bridgehead atoms. The first-order valence-corrected chi connectivity index (χ1v) is 11.5. The molecule has 2 aromatic carbocycles. The molecule has 0 aliphatic heterocycles. The van der Waals surface area contributed by atoms with E-state index in [1.165, 1.54) is 49.7 Å². The average molecular weight is 470 g/mol. The van der Waals surface area contributed by atoms with Gasteiger partial charge in [0.05, 0.1) is 11.4 Å². The molecule has 0 aliphatic carbocycles. The summed E-state index contributed by atoms with van der Waals surface area (Å²) >= 11 is 13.5. The SMILES string of the molecule is CN(C)S(=O)(=O)c1ccc(C(=O)N=c2sccn2Cc2ccc(Cl)cc2Cl)cc1. The lowest BCUT2D eigenvalue weighted by atomic mass is 10.2. The van der Waals surface area contributed by atoms with Gasteiger partial charge in [-0.1, -0.05) is 29.3 Å². The van der Waals surface area contributed by atoms with Crippen LogP contribution in [0.25, 0.3) is 0 Å².